The third-order valence-corrected chi connectivity index (χ3v) is 6.66. The molecular weight excluding hydrogens is 478 g/mol. The van der Waals surface area contributed by atoms with Crippen molar-refractivity contribution < 1.29 is 19.1 Å². The number of alkyl carbamates (subject to hydrolysis) is 1. The molecule has 0 saturated heterocycles. The second kappa shape index (κ2) is 12.9. The van der Waals surface area contributed by atoms with E-state index in [4.69, 9.17) is 4.74 Å². The summed E-state index contributed by atoms with van der Waals surface area (Å²) in [5.41, 5.74) is 1.20. The Labute approximate surface area is 228 Å². The lowest BCUT2D eigenvalue weighted by Gasteiger charge is -2.45. The molecule has 0 aliphatic carbocycles. The average molecular weight is 524 g/mol. The molecule has 7 nitrogen and oxygen atoms in total. The molecule has 7 heteroatoms. The average Bonchev–Trinajstić information content (AvgIpc) is 2.83. The molecule has 2 aromatic rings. The van der Waals surface area contributed by atoms with Gasteiger partial charge >= 0.3 is 6.09 Å². The summed E-state index contributed by atoms with van der Waals surface area (Å²) in [7, 11) is 0. The van der Waals surface area contributed by atoms with Gasteiger partial charge in [0.2, 0.25) is 11.8 Å². The third kappa shape index (κ3) is 8.33. The van der Waals surface area contributed by atoms with Crippen LogP contribution in [0.15, 0.2) is 54.6 Å². The van der Waals surface area contributed by atoms with Gasteiger partial charge in [-0.1, -0.05) is 75.4 Å². The summed E-state index contributed by atoms with van der Waals surface area (Å²) in [6.07, 6.45) is -0.0653. The van der Waals surface area contributed by atoms with Gasteiger partial charge in [-0.15, -0.1) is 0 Å². The number of amides is 3. The maximum Gasteiger partial charge on any atom is 0.408 e. The molecule has 3 amide bonds. The standard InChI is InChI=1S/C31H45N3O4/c1-10-31(8,9)34(28(36)25(21(2)3)33-29(37)38-30(5,6)7)26(24-19-15-14-16-22(24)4)27(35)32-20-23-17-12-11-13-18-23/h11-19,21,25-26H,10,20H2,1-9H3,(H,32,35)(H,33,37). The fraction of sp³-hybridized carbons (Fsp3) is 0.516. The first-order chi connectivity index (χ1) is 17.7. The molecule has 0 radical (unpaired) electrons. The fourth-order valence-corrected chi connectivity index (χ4v) is 4.22. The zero-order valence-corrected chi connectivity index (χ0v) is 24.4. The van der Waals surface area contributed by atoms with E-state index < -0.39 is 29.3 Å². The Morgan fingerprint density at radius 3 is 2.03 bits per heavy atom. The topological polar surface area (TPSA) is 87.7 Å². The highest BCUT2D eigenvalue weighted by Gasteiger charge is 2.44. The van der Waals surface area contributed by atoms with Crippen LogP contribution in [0.25, 0.3) is 0 Å². The summed E-state index contributed by atoms with van der Waals surface area (Å²) in [5.74, 6) is -0.853. The van der Waals surface area contributed by atoms with Crippen LogP contribution in [0.4, 0.5) is 4.79 Å². The van der Waals surface area contributed by atoms with Crippen LogP contribution < -0.4 is 10.6 Å². The predicted molar refractivity (Wildman–Crippen MR) is 151 cm³/mol. The van der Waals surface area contributed by atoms with E-state index in [1.807, 2.05) is 96.1 Å². The van der Waals surface area contributed by atoms with Crippen molar-refractivity contribution in [2.45, 2.75) is 98.5 Å². The van der Waals surface area contributed by atoms with Crippen LogP contribution in [0, 0.1) is 12.8 Å². The molecule has 0 saturated carbocycles. The molecule has 0 fully saturated rings. The maximum absolute atomic E-state index is 14.4. The van der Waals surface area contributed by atoms with Gasteiger partial charge in [0.1, 0.15) is 17.7 Å². The molecule has 0 heterocycles. The number of ether oxygens (including phenoxy) is 1. The molecule has 208 valence electrons. The molecule has 0 aliphatic rings. The third-order valence-electron chi connectivity index (χ3n) is 6.66. The number of hydrogen-bond donors (Lipinski definition) is 2. The first kappa shape index (κ1) is 30.9. The smallest absolute Gasteiger partial charge is 0.408 e. The highest BCUT2D eigenvalue weighted by atomic mass is 16.6. The van der Waals surface area contributed by atoms with Gasteiger partial charge in [0, 0.05) is 12.1 Å². The van der Waals surface area contributed by atoms with E-state index in [0.29, 0.717) is 13.0 Å². The van der Waals surface area contributed by atoms with Crippen LogP contribution in [-0.4, -0.2) is 40.0 Å². The molecular formula is C31H45N3O4. The van der Waals surface area contributed by atoms with Crippen LogP contribution in [0.2, 0.25) is 0 Å². The molecule has 0 aromatic heterocycles. The van der Waals surface area contributed by atoms with E-state index in [1.165, 1.54) is 0 Å². The lowest BCUT2D eigenvalue weighted by Crippen LogP contribution is -2.60. The molecule has 2 atom stereocenters. The van der Waals surface area contributed by atoms with Crippen LogP contribution in [0.1, 0.15) is 84.5 Å². The number of benzene rings is 2. The minimum atomic E-state index is -0.899. The minimum absolute atomic E-state index is 0.241. The van der Waals surface area contributed by atoms with E-state index in [0.717, 1.165) is 16.7 Å². The Morgan fingerprint density at radius 2 is 1.50 bits per heavy atom. The summed E-state index contributed by atoms with van der Waals surface area (Å²) >= 11 is 0. The van der Waals surface area contributed by atoms with Crippen molar-refractivity contribution in [3.8, 4) is 0 Å². The predicted octanol–water partition coefficient (Wildman–Crippen LogP) is 5.92. The van der Waals surface area contributed by atoms with Crippen LogP contribution in [0.5, 0.6) is 0 Å². The molecule has 2 rings (SSSR count). The number of nitrogens with one attached hydrogen (secondary N) is 2. The minimum Gasteiger partial charge on any atom is -0.444 e. The van der Waals surface area contributed by atoms with E-state index in [-0.39, 0.29) is 17.7 Å². The Balaban J connectivity index is 2.56. The fourth-order valence-electron chi connectivity index (χ4n) is 4.22. The largest absolute Gasteiger partial charge is 0.444 e. The first-order valence-electron chi connectivity index (χ1n) is 13.4. The summed E-state index contributed by atoms with van der Waals surface area (Å²) in [6.45, 7) is 17.2. The van der Waals surface area contributed by atoms with Crippen molar-refractivity contribution in [3.63, 3.8) is 0 Å². The summed E-state index contributed by atoms with van der Waals surface area (Å²) in [4.78, 5) is 42.7. The van der Waals surface area contributed by atoms with Gasteiger partial charge in [0.25, 0.3) is 0 Å². The van der Waals surface area contributed by atoms with Crippen LogP contribution in [0.3, 0.4) is 0 Å². The molecule has 38 heavy (non-hydrogen) atoms. The Morgan fingerprint density at radius 1 is 0.921 bits per heavy atom. The normalized spacial score (nSPS) is 13.4. The molecule has 0 bridgehead atoms. The van der Waals surface area contributed by atoms with Gasteiger partial charge in [-0.3, -0.25) is 9.59 Å². The number of aryl methyl sites for hydroxylation is 1. The molecule has 0 spiro atoms. The van der Waals surface area contributed by atoms with Crippen molar-refractivity contribution in [1.82, 2.24) is 15.5 Å². The van der Waals surface area contributed by atoms with Crippen molar-refractivity contribution in [1.29, 1.82) is 0 Å². The molecule has 0 aliphatic heterocycles. The quantitative estimate of drug-likeness (QED) is 0.405. The van der Waals surface area contributed by atoms with E-state index in [9.17, 15) is 14.4 Å². The zero-order chi connectivity index (χ0) is 28.7. The first-order valence-corrected chi connectivity index (χ1v) is 13.4. The summed E-state index contributed by atoms with van der Waals surface area (Å²) < 4.78 is 5.46. The Kier molecular flexibility index (Phi) is 10.5. The van der Waals surface area contributed by atoms with Gasteiger partial charge < -0.3 is 20.3 Å². The highest BCUT2D eigenvalue weighted by molar-refractivity contribution is 5.93. The summed E-state index contributed by atoms with van der Waals surface area (Å²) in [5, 5.41) is 5.83. The van der Waals surface area contributed by atoms with E-state index in [2.05, 4.69) is 10.6 Å². The number of nitrogens with zero attached hydrogens (tertiary/aromatic N) is 1. The van der Waals surface area contributed by atoms with E-state index >= 15 is 0 Å². The zero-order valence-electron chi connectivity index (χ0n) is 24.4. The van der Waals surface area contributed by atoms with Crippen molar-refractivity contribution in [2.24, 2.45) is 5.92 Å². The second-order valence-corrected chi connectivity index (χ2v) is 11.7. The molecule has 2 N–H and O–H groups in total. The van der Waals surface area contributed by atoms with Crippen molar-refractivity contribution in [2.75, 3.05) is 0 Å². The van der Waals surface area contributed by atoms with Gasteiger partial charge in [-0.25, -0.2) is 4.79 Å². The molecule has 2 aromatic carbocycles. The monoisotopic (exact) mass is 523 g/mol. The highest BCUT2D eigenvalue weighted by Crippen LogP contribution is 2.34. The number of carbonyl (C=O) groups is 3. The summed E-state index contributed by atoms with van der Waals surface area (Å²) in [6, 6.07) is 15.5. The Hall–Kier alpha value is -3.35. The van der Waals surface area contributed by atoms with Gasteiger partial charge in [-0.2, -0.15) is 0 Å². The van der Waals surface area contributed by atoms with Gasteiger partial charge in [-0.05, 0) is 70.6 Å². The SMILES string of the molecule is CCC(C)(C)N(C(=O)C(NC(=O)OC(C)(C)C)C(C)C)C(C(=O)NCc1ccccc1)c1ccccc1C. The van der Waals surface area contributed by atoms with Crippen molar-refractivity contribution >= 4 is 17.9 Å². The number of rotatable bonds is 10. The Bertz CT molecular complexity index is 1090. The van der Waals surface area contributed by atoms with Crippen molar-refractivity contribution in [3.05, 3.63) is 71.3 Å². The van der Waals surface area contributed by atoms with Crippen LogP contribution in [-0.2, 0) is 20.9 Å². The number of hydrogen-bond acceptors (Lipinski definition) is 4. The molecule has 2 unspecified atom stereocenters. The lowest BCUT2D eigenvalue weighted by atomic mass is 9.89. The maximum atomic E-state index is 14.4. The second-order valence-electron chi connectivity index (χ2n) is 11.7. The number of carbonyl (C=O) groups excluding carboxylic acids is 3. The van der Waals surface area contributed by atoms with E-state index in [1.54, 1.807) is 25.7 Å². The lowest BCUT2D eigenvalue weighted by molar-refractivity contribution is -0.150. The van der Waals surface area contributed by atoms with Crippen LogP contribution >= 0.6 is 0 Å². The van der Waals surface area contributed by atoms with Gasteiger partial charge in [0.15, 0.2) is 0 Å². The van der Waals surface area contributed by atoms with Gasteiger partial charge in [0.05, 0.1) is 0 Å².